The van der Waals surface area contributed by atoms with Crippen LogP contribution < -0.4 is 24.8 Å². The summed E-state index contributed by atoms with van der Waals surface area (Å²) < 4.78 is 16.0. The normalized spacial score (nSPS) is 24.2. The minimum atomic E-state index is -1.11. The predicted molar refractivity (Wildman–Crippen MR) is 267 cm³/mol. The summed E-state index contributed by atoms with van der Waals surface area (Å²) in [6, 6.07) is 5.08. The largest absolute Gasteiger partial charge is 0.478 e. The molecule has 0 fully saturated rings. The fourth-order valence-electron chi connectivity index (χ4n) is 14.4. The number of fused-ring (bicyclic) bond motifs is 4. The fourth-order valence-corrected chi connectivity index (χ4v) is 14.4. The van der Waals surface area contributed by atoms with E-state index >= 15 is 0 Å². The van der Waals surface area contributed by atoms with Crippen LogP contribution in [-0.4, -0.2) is 46.3 Å². The van der Waals surface area contributed by atoms with E-state index in [1.54, 1.807) is 6.07 Å². The van der Waals surface area contributed by atoms with E-state index in [-0.39, 0.29) is 54.9 Å². The van der Waals surface area contributed by atoms with Gasteiger partial charge < -0.3 is 19.5 Å². The van der Waals surface area contributed by atoms with Crippen molar-refractivity contribution in [3.05, 3.63) is 90.0 Å². The monoisotopic (exact) mass is 884 g/mol. The Balaban J connectivity index is 1.78. The number of hydrogen-bond acceptors (Lipinski definition) is 5. The van der Waals surface area contributed by atoms with Crippen LogP contribution in [0.1, 0.15) is 218 Å². The Kier molecular flexibility index (Phi) is 9.26. The van der Waals surface area contributed by atoms with Crippen LogP contribution in [0.25, 0.3) is 11.1 Å². The van der Waals surface area contributed by atoms with Gasteiger partial charge in [-0.3, -0.25) is 0 Å². The van der Waals surface area contributed by atoms with Crippen molar-refractivity contribution < 1.29 is 24.2 Å². The summed E-state index contributed by atoms with van der Waals surface area (Å²) in [5.41, 5.74) is 9.99. The molecule has 0 amide bonds. The molecule has 1 N–H and O–H groups in total. The number of hydrogen-bond donors (Lipinski definition) is 1. The van der Waals surface area contributed by atoms with Gasteiger partial charge in [0.2, 0.25) is 5.36 Å². The lowest BCUT2D eigenvalue weighted by Crippen LogP contribution is -2.76. The molecule has 0 unspecified atom stereocenters. The number of benzene rings is 3. The van der Waals surface area contributed by atoms with Crippen molar-refractivity contribution in [1.29, 1.82) is 0 Å². The molecule has 0 saturated heterocycles. The number of carbonyl (C=O) groups excluding carboxylic acids is 1. The summed E-state index contributed by atoms with van der Waals surface area (Å²) in [4.78, 5) is 29.8. The van der Waals surface area contributed by atoms with Crippen molar-refractivity contribution in [3.63, 3.8) is 0 Å². The van der Waals surface area contributed by atoms with Gasteiger partial charge in [0.25, 0.3) is 0 Å². The van der Waals surface area contributed by atoms with Crippen molar-refractivity contribution in [2.45, 2.75) is 205 Å². The summed E-state index contributed by atoms with van der Waals surface area (Å²) in [5, 5.41) is 13.5. The summed E-state index contributed by atoms with van der Waals surface area (Å²) in [6.07, 6.45) is 0. The Labute approximate surface area is 390 Å². The standard InChI is InChI=1S/C58H78N2O5/c1-29-32(4)52(11,12)59-43-36(29)30(2)37-39(34-27-26-33(48(63)64-25)28-35(34)47(61)62)38-31(3)40-44-42(46(38)65-45(37)41(43)50(7,8)54(15,16)56(59,19)20)51(9,10)55(17,18)58(23,24)60(44)57(21,22)53(13,14)49(40,5)6/h26-28H,1-25H3/p+1. The van der Waals surface area contributed by atoms with Crippen molar-refractivity contribution in [3.8, 4) is 11.5 Å². The molecule has 0 spiro atoms. The fraction of sp³-hybridized carbons (Fsp3) is 0.603. The highest BCUT2D eigenvalue weighted by Crippen LogP contribution is 2.71. The molecule has 350 valence electrons. The summed E-state index contributed by atoms with van der Waals surface area (Å²) in [5.74, 6) is -0.0809. The number of allylic oxidation sites excluding steroid dienone is 1. The molecule has 5 aliphatic heterocycles. The van der Waals surface area contributed by atoms with Gasteiger partial charge in [0.15, 0.2) is 11.1 Å². The Morgan fingerprint density at radius 1 is 0.646 bits per heavy atom. The number of methoxy groups -OCH3 is 1. The maximum Gasteiger partial charge on any atom is 0.337 e. The lowest BCUT2D eigenvalue weighted by molar-refractivity contribution is -0.000463. The molecular formula is C58H79N2O5+. The Hall–Kier alpha value is -4.39. The number of ether oxygens (including phenoxy) is 2. The van der Waals surface area contributed by atoms with Crippen LogP contribution in [0.2, 0.25) is 0 Å². The van der Waals surface area contributed by atoms with Crippen LogP contribution in [-0.2, 0) is 21.0 Å². The number of carboxylic acid groups (broad SMARTS) is 1. The van der Waals surface area contributed by atoms with Crippen molar-refractivity contribution in [2.24, 2.45) is 16.2 Å². The molecule has 5 heterocycles. The highest BCUT2D eigenvalue weighted by molar-refractivity contribution is 6.03. The number of carboxylic acids is 1. The van der Waals surface area contributed by atoms with Crippen molar-refractivity contribution >= 4 is 28.8 Å². The number of aromatic carboxylic acids is 1. The molecule has 0 aliphatic carbocycles. The maximum atomic E-state index is 13.9. The third-order valence-electron chi connectivity index (χ3n) is 21.7. The first-order valence-corrected chi connectivity index (χ1v) is 24.0. The number of esters is 1. The smallest absolute Gasteiger partial charge is 0.337 e. The Morgan fingerprint density at radius 3 is 1.66 bits per heavy atom. The second-order valence-electron chi connectivity index (χ2n) is 25.8. The molecule has 3 aromatic carbocycles. The van der Waals surface area contributed by atoms with Crippen molar-refractivity contribution in [1.82, 2.24) is 4.58 Å². The predicted octanol–water partition coefficient (Wildman–Crippen LogP) is 12.3. The van der Waals surface area contributed by atoms with E-state index in [4.69, 9.17) is 9.47 Å². The molecule has 0 atom stereocenters. The van der Waals surface area contributed by atoms with E-state index in [1.807, 2.05) is 6.07 Å². The number of rotatable bonds is 3. The summed E-state index contributed by atoms with van der Waals surface area (Å²) in [6.45, 7) is 57.3. The third-order valence-corrected chi connectivity index (χ3v) is 21.7. The van der Waals surface area contributed by atoms with Gasteiger partial charge in [-0.15, -0.1) is 0 Å². The second-order valence-corrected chi connectivity index (χ2v) is 25.8. The molecule has 65 heavy (non-hydrogen) atoms. The molecular weight excluding hydrogens is 805 g/mol. The zero-order valence-corrected chi connectivity index (χ0v) is 44.7. The summed E-state index contributed by atoms with van der Waals surface area (Å²) >= 11 is 0. The van der Waals surface area contributed by atoms with Crippen LogP contribution in [0, 0.1) is 30.1 Å². The first-order valence-electron chi connectivity index (χ1n) is 24.0. The molecule has 0 saturated carbocycles. The average Bonchev–Trinajstić information content (AvgIpc) is 3.16. The van der Waals surface area contributed by atoms with E-state index in [9.17, 15) is 14.7 Å². The van der Waals surface area contributed by atoms with Crippen molar-refractivity contribution in [2.75, 3.05) is 12.0 Å². The molecule has 7 heteroatoms. The van der Waals surface area contributed by atoms with Gasteiger partial charge in [-0.2, -0.15) is 0 Å². The zero-order valence-electron chi connectivity index (χ0n) is 44.7. The minimum Gasteiger partial charge on any atom is -0.478 e. The first kappa shape index (κ1) is 47.1. The van der Waals surface area contributed by atoms with Crippen LogP contribution in [0.5, 0.6) is 11.5 Å². The lowest BCUT2D eigenvalue weighted by atomic mass is 9.45. The molecule has 5 aliphatic rings. The van der Waals surface area contributed by atoms with Gasteiger partial charge >= 0.3 is 11.9 Å². The van der Waals surface area contributed by atoms with Gasteiger partial charge in [-0.25, -0.2) is 14.2 Å². The Morgan fingerprint density at radius 2 is 1.15 bits per heavy atom. The van der Waals surface area contributed by atoms with Gasteiger partial charge in [0.05, 0.1) is 29.4 Å². The topological polar surface area (TPSA) is 79.1 Å². The molecule has 8 rings (SSSR count). The van der Waals surface area contributed by atoms with Crippen LogP contribution in [0.3, 0.4) is 0 Å². The zero-order chi connectivity index (χ0) is 49.2. The van der Waals surface area contributed by atoms with E-state index in [1.165, 1.54) is 52.1 Å². The van der Waals surface area contributed by atoms with Crippen LogP contribution >= 0.6 is 0 Å². The van der Waals surface area contributed by atoms with Crippen LogP contribution in [0.15, 0.2) is 23.8 Å². The SMILES string of the molecule is COC(=O)c1ccc(C2=c3c(C)c4c5c(c3Oc3c2c(C)c2c6c3C(C)(C)C(C)(C)C(C)(C)N6C(C)(C)C(C)(C)C2(C)C)C(C)(C)C(C)(C)C(C)(C)[N+]=5C(C)(C)C(C)=C4C)c(C(=O)O)c1. The number of carbonyl (C=O) groups is 2. The number of anilines is 1. The van der Waals surface area contributed by atoms with Gasteiger partial charge in [-0.1, -0.05) is 89.2 Å². The van der Waals surface area contributed by atoms with E-state index < -0.39 is 22.8 Å². The van der Waals surface area contributed by atoms with Crippen LogP contribution in [0.4, 0.5) is 5.69 Å². The van der Waals surface area contributed by atoms with Gasteiger partial charge in [0, 0.05) is 88.2 Å². The summed E-state index contributed by atoms with van der Waals surface area (Å²) in [7, 11) is 1.33. The second kappa shape index (κ2) is 12.8. The van der Waals surface area contributed by atoms with E-state index in [0.717, 1.165) is 44.5 Å². The quantitative estimate of drug-likeness (QED) is 0.163. The Bertz CT molecular complexity index is 2910. The van der Waals surface area contributed by atoms with E-state index in [0.29, 0.717) is 5.56 Å². The third kappa shape index (κ3) is 4.92. The van der Waals surface area contributed by atoms with Gasteiger partial charge in [-0.05, 0) is 112 Å². The molecule has 0 aromatic heterocycles. The maximum absolute atomic E-state index is 13.9. The van der Waals surface area contributed by atoms with Gasteiger partial charge in [0.1, 0.15) is 11.5 Å². The minimum absolute atomic E-state index is 0.0493. The molecule has 7 nitrogen and oxygen atoms in total. The molecule has 0 radical (unpaired) electrons. The highest BCUT2D eigenvalue weighted by atomic mass is 16.5. The first-order chi connectivity index (χ1) is 29.2. The van der Waals surface area contributed by atoms with E-state index in [2.05, 4.69) is 176 Å². The molecule has 0 bridgehead atoms. The molecule has 3 aromatic rings. The highest BCUT2D eigenvalue weighted by Gasteiger charge is 2.69. The average molecular weight is 884 g/mol. The number of nitrogens with zero attached hydrogens (tertiary/aromatic N) is 2. The lowest BCUT2D eigenvalue weighted by Gasteiger charge is -2.73.